The van der Waals surface area contributed by atoms with Gasteiger partial charge >= 0.3 is 0 Å². The van der Waals surface area contributed by atoms with Crippen molar-refractivity contribution < 1.29 is 0 Å². The van der Waals surface area contributed by atoms with E-state index in [4.69, 9.17) is 11.6 Å². The van der Waals surface area contributed by atoms with Gasteiger partial charge < -0.3 is 5.32 Å². The molecule has 1 atom stereocenters. The highest BCUT2D eigenvalue weighted by atomic mass is 35.5. The summed E-state index contributed by atoms with van der Waals surface area (Å²) in [5.41, 5.74) is 3.60. The van der Waals surface area contributed by atoms with Gasteiger partial charge in [-0.15, -0.1) is 0 Å². The van der Waals surface area contributed by atoms with E-state index in [1.54, 1.807) is 6.20 Å². The van der Waals surface area contributed by atoms with Gasteiger partial charge in [0.1, 0.15) is 0 Å². The zero-order valence-electron chi connectivity index (χ0n) is 12.1. The number of nitrogens with one attached hydrogen (secondary N) is 1. The fourth-order valence-corrected chi connectivity index (χ4v) is 2.30. The summed E-state index contributed by atoms with van der Waals surface area (Å²) >= 11 is 5.92. The summed E-state index contributed by atoms with van der Waals surface area (Å²) in [4.78, 5) is 4.46. The van der Waals surface area contributed by atoms with E-state index in [1.165, 1.54) is 11.1 Å². The molecule has 0 aliphatic carbocycles. The first-order valence-electron chi connectivity index (χ1n) is 7.18. The number of hydrogen-bond donors (Lipinski definition) is 1. The van der Waals surface area contributed by atoms with Crippen LogP contribution < -0.4 is 5.32 Å². The predicted octanol–water partition coefficient (Wildman–Crippen LogP) is 4.39. The van der Waals surface area contributed by atoms with Crippen LogP contribution in [-0.4, -0.2) is 11.5 Å². The topological polar surface area (TPSA) is 24.9 Å². The number of rotatable bonds is 6. The van der Waals surface area contributed by atoms with Crippen LogP contribution >= 0.6 is 11.6 Å². The van der Waals surface area contributed by atoms with E-state index < -0.39 is 0 Å². The SMILES string of the molecule is CCCNC(c1ccc(CC)cc1)c1ccc(Cl)cn1. The van der Waals surface area contributed by atoms with Crippen molar-refractivity contribution >= 4 is 11.6 Å². The Kier molecular flexibility index (Phi) is 5.57. The molecule has 0 aliphatic heterocycles. The number of pyridine rings is 1. The smallest absolute Gasteiger partial charge is 0.0751 e. The van der Waals surface area contributed by atoms with Crippen molar-refractivity contribution in [3.63, 3.8) is 0 Å². The molecule has 0 saturated heterocycles. The standard InChI is InChI=1S/C17H21ClN2/c1-3-11-19-17(16-10-9-15(18)12-20-16)14-7-5-13(4-2)6-8-14/h5-10,12,17,19H,3-4,11H2,1-2H3. The van der Waals surface area contributed by atoms with Crippen LogP contribution in [0.5, 0.6) is 0 Å². The fourth-order valence-electron chi connectivity index (χ4n) is 2.19. The van der Waals surface area contributed by atoms with Gasteiger partial charge in [0.15, 0.2) is 0 Å². The van der Waals surface area contributed by atoms with Crippen molar-refractivity contribution in [3.8, 4) is 0 Å². The Labute approximate surface area is 126 Å². The maximum atomic E-state index is 5.92. The van der Waals surface area contributed by atoms with E-state index in [1.807, 2.05) is 12.1 Å². The highest BCUT2D eigenvalue weighted by molar-refractivity contribution is 6.30. The minimum atomic E-state index is 0.123. The Morgan fingerprint density at radius 2 is 1.85 bits per heavy atom. The molecule has 1 aromatic carbocycles. The molecule has 3 heteroatoms. The van der Waals surface area contributed by atoms with E-state index >= 15 is 0 Å². The molecule has 1 N–H and O–H groups in total. The molecule has 0 aliphatic rings. The van der Waals surface area contributed by atoms with Crippen molar-refractivity contribution in [1.29, 1.82) is 0 Å². The maximum absolute atomic E-state index is 5.92. The van der Waals surface area contributed by atoms with Crippen molar-refractivity contribution in [1.82, 2.24) is 10.3 Å². The molecule has 0 saturated carbocycles. The molecular weight excluding hydrogens is 268 g/mol. The van der Waals surface area contributed by atoms with Gasteiger partial charge in [0.05, 0.1) is 16.8 Å². The average Bonchev–Trinajstić information content (AvgIpc) is 2.50. The van der Waals surface area contributed by atoms with Gasteiger partial charge in [-0.05, 0) is 42.6 Å². The van der Waals surface area contributed by atoms with Gasteiger partial charge in [0.25, 0.3) is 0 Å². The number of benzene rings is 1. The molecule has 106 valence electrons. The Morgan fingerprint density at radius 1 is 1.10 bits per heavy atom. The molecule has 2 aromatic rings. The Bertz CT molecular complexity index is 520. The van der Waals surface area contributed by atoms with Gasteiger partial charge in [-0.25, -0.2) is 0 Å². The molecule has 0 bridgehead atoms. The first-order chi connectivity index (χ1) is 9.74. The summed E-state index contributed by atoms with van der Waals surface area (Å²) in [6.07, 6.45) is 3.86. The minimum absolute atomic E-state index is 0.123. The first-order valence-corrected chi connectivity index (χ1v) is 7.56. The van der Waals surface area contributed by atoms with Gasteiger partial charge in [-0.3, -0.25) is 4.98 Å². The second-order valence-corrected chi connectivity index (χ2v) is 5.32. The van der Waals surface area contributed by atoms with Crippen LogP contribution in [0.2, 0.25) is 5.02 Å². The van der Waals surface area contributed by atoms with Crippen LogP contribution in [0.15, 0.2) is 42.6 Å². The molecule has 0 spiro atoms. The van der Waals surface area contributed by atoms with Crippen LogP contribution in [0.4, 0.5) is 0 Å². The number of nitrogens with zero attached hydrogens (tertiary/aromatic N) is 1. The summed E-state index contributed by atoms with van der Waals surface area (Å²) in [5.74, 6) is 0. The molecule has 1 heterocycles. The van der Waals surface area contributed by atoms with E-state index in [2.05, 4.69) is 48.4 Å². The lowest BCUT2D eigenvalue weighted by Crippen LogP contribution is -2.24. The van der Waals surface area contributed by atoms with E-state index in [0.717, 1.165) is 25.1 Å². The largest absolute Gasteiger partial charge is 0.305 e. The van der Waals surface area contributed by atoms with Crippen LogP contribution in [-0.2, 0) is 6.42 Å². The molecule has 1 aromatic heterocycles. The van der Waals surface area contributed by atoms with E-state index in [0.29, 0.717) is 5.02 Å². The molecule has 20 heavy (non-hydrogen) atoms. The molecular formula is C17H21ClN2. The zero-order valence-corrected chi connectivity index (χ0v) is 12.8. The summed E-state index contributed by atoms with van der Waals surface area (Å²) in [6, 6.07) is 12.7. The normalized spacial score (nSPS) is 12.3. The monoisotopic (exact) mass is 288 g/mol. The van der Waals surface area contributed by atoms with Crippen LogP contribution in [0, 0.1) is 0 Å². The van der Waals surface area contributed by atoms with Crippen molar-refractivity contribution in [2.24, 2.45) is 0 Å². The van der Waals surface area contributed by atoms with E-state index in [9.17, 15) is 0 Å². The van der Waals surface area contributed by atoms with Gasteiger partial charge in [-0.1, -0.05) is 49.7 Å². The van der Waals surface area contributed by atoms with Crippen LogP contribution in [0.3, 0.4) is 0 Å². The van der Waals surface area contributed by atoms with Gasteiger partial charge in [-0.2, -0.15) is 0 Å². The third-order valence-corrected chi connectivity index (χ3v) is 3.59. The lowest BCUT2D eigenvalue weighted by molar-refractivity contribution is 0.586. The molecule has 1 unspecified atom stereocenters. The number of halogens is 1. The summed E-state index contributed by atoms with van der Waals surface area (Å²) in [5, 5.41) is 4.22. The van der Waals surface area contributed by atoms with Gasteiger partial charge in [0, 0.05) is 6.20 Å². The fraction of sp³-hybridized carbons (Fsp3) is 0.353. The predicted molar refractivity (Wildman–Crippen MR) is 85.2 cm³/mol. The summed E-state index contributed by atoms with van der Waals surface area (Å²) in [7, 11) is 0. The quantitative estimate of drug-likeness (QED) is 0.853. The Balaban J connectivity index is 2.27. The minimum Gasteiger partial charge on any atom is -0.305 e. The van der Waals surface area contributed by atoms with Crippen molar-refractivity contribution in [2.45, 2.75) is 32.7 Å². The second kappa shape index (κ2) is 7.41. The highest BCUT2D eigenvalue weighted by Crippen LogP contribution is 2.22. The van der Waals surface area contributed by atoms with E-state index in [-0.39, 0.29) is 6.04 Å². The van der Waals surface area contributed by atoms with Crippen molar-refractivity contribution in [3.05, 3.63) is 64.4 Å². The Hall–Kier alpha value is -1.38. The lowest BCUT2D eigenvalue weighted by Gasteiger charge is -2.19. The maximum Gasteiger partial charge on any atom is 0.0751 e. The zero-order chi connectivity index (χ0) is 14.4. The average molecular weight is 289 g/mol. The lowest BCUT2D eigenvalue weighted by atomic mass is 10.0. The molecule has 2 nitrogen and oxygen atoms in total. The summed E-state index contributed by atoms with van der Waals surface area (Å²) in [6.45, 7) is 5.30. The molecule has 2 rings (SSSR count). The van der Waals surface area contributed by atoms with Crippen molar-refractivity contribution in [2.75, 3.05) is 6.54 Å². The third kappa shape index (κ3) is 3.81. The van der Waals surface area contributed by atoms with Crippen LogP contribution in [0.1, 0.15) is 43.1 Å². The summed E-state index contributed by atoms with van der Waals surface area (Å²) < 4.78 is 0. The molecule has 0 radical (unpaired) electrons. The number of hydrogen-bond acceptors (Lipinski definition) is 2. The third-order valence-electron chi connectivity index (χ3n) is 3.37. The second-order valence-electron chi connectivity index (χ2n) is 4.88. The van der Waals surface area contributed by atoms with Gasteiger partial charge in [0.2, 0.25) is 0 Å². The number of aromatic nitrogens is 1. The highest BCUT2D eigenvalue weighted by Gasteiger charge is 2.14. The Morgan fingerprint density at radius 3 is 2.40 bits per heavy atom. The molecule has 0 amide bonds. The first kappa shape index (κ1) is 15.0. The van der Waals surface area contributed by atoms with Crippen LogP contribution in [0.25, 0.3) is 0 Å². The molecule has 0 fully saturated rings. The number of aryl methyl sites for hydroxylation is 1.